The monoisotopic (exact) mass is 251 g/mol. The normalized spacial score (nSPS) is 17.1. The summed E-state index contributed by atoms with van der Waals surface area (Å²) in [6, 6.07) is 1.72. The van der Waals surface area contributed by atoms with E-state index in [0.717, 1.165) is 52.1 Å². The van der Waals surface area contributed by atoms with Gasteiger partial charge in [-0.2, -0.15) is 0 Å². The SMILES string of the molecule is NCCCCN1CCN(C(=O)c2ccoc2)CC1. The van der Waals surface area contributed by atoms with Gasteiger partial charge < -0.3 is 15.1 Å². The van der Waals surface area contributed by atoms with Gasteiger partial charge in [-0.1, -0.05) is 0 Å². The van der Waals surface area contributed by atoms with Gasteiger partial charge in [0.1, 0.15) is 6.26 Å². The van der Waals surface area contributed by atoms with Crippen LogP contribution in [0.1, 0.15) is 23.2 Å². The molecule has 5 heteroatoms. The van der Waals surface area contributed by atoms with Crippen LogP contribution in [0, 0.1) is 0 Å². The molecule has 0 radical (unpaired) electrons. The van der Waals surface area contributed by atoms with Crippen LogP contribution in [-0.2, 0) is 0 Å². The van der Waals surface area contributed by atoms with E-state index in [1.807, 2.05) is 4.90 Å². The third-order valence-electron chi connectivity index (χ3n) is 3.36. The molecule has 0 saturated carbocycles. The number of hydrogen-bond donors (Lipinski definition) is 1. The maximum atomic E-state index is 12.1. The van der Waals surface area contributed by atoms with Crippen LogP contribution in [0.15, 0.2) is 23.0 Å². The van der Waals surface area contributed by atoms with Gasteiger partial charge in [-0.05, 0) is 32.0 Å². The molecule has 2 rings (SSSR count). The Balaban J connectivity index is 1.75. The van der Waals surface area contributed by atoms with Crippen molar-refractivity contribution in [3.63, 3.8) is 0 Å². The summed E-state index contributed by atoms with van der Waals surface area (Å²) in [5.41, 5.74) is 6.12. The molecule has 5 nitrogen and oxygen atoms in total. The number of piperazine rings is 1. The fourth-order valence-corrected chi connectivity index (χ4v) is 2.22. The zero-order chi connectivity index (χ0) is 12.8. The van der Waals surface area contributed by atoms with Gasteiger partial charge in [-0.3, -0.25) is 9.69 Å². The maximum absolute atomic E-state index is 12.1. The van der Waals surface area contributed by atoms with Crippen molar-refractivity contribution >= 4 is 5.91 Å². The molecule has 1 aromatic rings. The van der Waals surface area contributed by atoms with Gasteiger partial charge in [0.25, 0.3) is 5.91 Å². The van der Waals surface area contributed by atoms with Crippen LogP contribution in [0.4, 0.5) is 0 Å². The lowest BCUT2D eigenvalue weighted by Gasteiger charge is -2.34. The highest BCUT2D eigenvalue weighted by atomic mass is 16.3. The Morgan fingerprint density at radius 2 is 2.06 bits per heavy atom. The molecule has 2 N–H and O–H groups in total. The first-order valence-corrected chi connectivity index (χ1v) is 6.55. The molecule has 0 aliphatic carbocycles. The van der Waals surface area contributed by atoms with Crippen molar-refractivity contribution in [1.29, 1.82) is 0 Å². The van der Waals surface area contributed by atoms with Crippen LogP contribution in [0.2, 0.25) is 0 Å². The van der Waals surface area contributed by atoms with Gasteiger partial charge in [-0.15, -0.1) is 0 Å². The van der Waals surface area contributed by atoms with E-state index in [0.29, 0.717) is 5.56 Å². The smallest absolute Gasteiger partial charge is 0.257 e. The number of nitrogens with zero attached hydrogens (tertiary/aromatic N) is 2. The van der Waals surface area contributed by atoms with Gasteiger partial charge >= 0.3 is 0 Å². The lowest BCUT2D eigenvalue weighted by molar-refractivity contribution is 0.0635. The quantitative estimate of drug-likeness (QED) is 0.785. The van der Waals surface area contributed by atoms with E-state index in [4.69, 9.17) is 10.2 Å². The van der Waals surface area contributed by atoms with E-state index < -0.39 is 0 Å². The minimum Gasteiger partial charge on any atom is -0.472 e. The molecule has 18 heavy (non-hydrogen) atoms. The first-order chi connectivity index (χ1) is 8.81. The number of carbonyl (C=O) groups excluding carboxylic acids is 1. The molecule has 1 amide bonds. The minimum absolute atomic E-state index is 0.0744. The summed E-state index contributed by atoms with van der Waals surface area (Å²) in [5.74, 6) is 0.0744. The molecule has 0 aromatic carbocycles. The second kappa shape index (κ2) is 6.56. The lowest BCUT2D eigenvalue weighted by atomic mass is 10.2. The standard InChI is InChI=1S/C13H21N3O2/c14-4-1-2-5-15-6-8-16(9-7-15)13(17)12-3-10-18-11-12/h3,10-11H,1-2,4-9,14H2. The van der Waals surface area contributed by atoms with Gasteiger partial charge in [-0.25, -0.2) is 0 Å². The Morgan fingerprint density at radius 3 is 2.67 bits per heavy atom. The molecular formula is C13H21N3O2. The highest BCUT2D eigenvalue weighted by Gasteiger charge is 2.22. The summed E-state index contributed by atoms with van der Waals surface area (Å²) in [6.07, 6.45) is 5.27. The van der Waals surface area contributed by atoms with Crippen molar-refractivity contribution in [3.8, 4) is 0 Å². The second-order valence-electron chi connectivity index (χ2n) is 4.64. The average Bonchev–Trinajstić information content (AvgIpc) is 2.93. The molecule has 1 saturated heterocycles. The van der Waals surface area contributed by atoms with Crippen molar-refractivity contribution in [1.82, 2.24) is 9.80 Å². The number of carbonyl (C=O) groups is 1. The number of hydrogen-bond acceptors (Lipinski definition) is 4. The van der Waals surface area contributed by atoms with Crippen LogP contribution >= 0.6 is 0 Å². The van der Waals surface area contributed by atoms with E-state index in [-0.39, 0.29) is 5.91 Å². The molecule has 1 aliphatic rings. The van der Waals surface area contributed by atoms with Crippen LogP contribution in [-0.4, -0.2) is 55.0 Å². The number of furan rings is 1. The fourth-order valence-electron chi connectivity index (χ4n) is 2.22. The van der Waals surface area contributed by atoms with Crippen molar-refractivity contribution in [2.75, 3.05) is 39.3 Å². The highest BCUT2D eigenvalue weighted by molar-refractivity contribution is 5.93. The topological polar surface area (TPSA) is 62.7 Å². The predicted molar refractivity (Wildman–Crippen MR) is 69.3 cm³/mol. The van der Waals surface area contributed by atoms with Crippen molar-refractivity contribution in [3.05, 3.63) is 24.2 Å². The first-order valence-electron chi connectivity index (χ1n) is 6.55. The largest absolute Gasteiger partial charge is 0.472 e. The number of amides is 1. The third-order valence-corrected chi connectivity index (χ3v) is 3.36. The Labute approximate surface area is 108 Å². The molecule has 0 bridgehead atoms. The Bertz CT molecular complexity index is 356. The highest BCUT2D eigenvalue weighted by Crippen LogP contribution is 2.09. The van der Waals surface area contributed by atoms with Crippen LogP contribution < -0.4 is 5.73 Å². The van der Waals surface area contributed by atoms with Crippen molar-refractivity contribution in [2.24, 2.45) is 5.73 Å². The summed E-state index contributed by atoms with van der Waals surface area (Å²) < 4.78 is 4.94. The Kier molecular flexibility index (Phi) is 4.78. The van der Waals surface area contributed by atoms with Crippen LogP contribution in [0.3, 0.4) is 0 Å². The molecular weight excluding hydrogens is 230 g/mol. The third kappa shape index (κ3) is 3.34. The summed E-state index contributed by atoms with van der Waals surface area (Å²) >= 11 is 0. The predicted octanol–water partition coefficient (Wildman–Crippen LogP) is 0.776. The fraction of sp³-hybridized carbons (Fsp3) is 0.615. The Morgan fingerprint density at radius 1 is 1.28 bits per heavy atom. The van der Waals surface area contributed by atoms with Gasteiger partial charge in [0.2, 0.25) is 0 Å². The molecule has 1 fully saturated rings. The zero-order valence-corrected chi connectivity index (χ0v) is 10.7. The number of nitrogens with two attached hydrogens (primary N) is 1. The summed E-state index contributed by atoms with van der Waals surface area (Å²) in [5, 5.41) is 0. The van der Waals surface area contributed by atoms with Crippen molar-refractivity contribution < 1.29 is 9.21 Å². The summed E-state index contributed by atoms with van der Waals surface area (Å²) in [6.45, 7) is 5.35. The number of unbranched alkanes of at least 4 members (excludes halogenated alkanes) is 1. The minimum atomic E-state index is 0.0744. The van der Waals surface area contributed by atoms with E-state index in [1.165, 1.54) is 12.5 Å². The molecule has 2 heterocycles. The molecule has 0 atom stereocenters. The summed E-state index contributed by atoms with van der Waals surface area (Å²) in [4.78, 5) is 16.3. The van der Waals surface area contributed by atoms with E-state index in [1.54, 1.807) is 6.07 Å². The van der Waals surface area contributed by atoms with E-state index in [9.17, 15) is 4.79 Å². The van der Waals surface area contributed by atoms with Gasteiger partial charge in [0.05, 0.1) is 11.8 Å². The van der Waals surface area contributed by atoms with Gasteiger partial charge in [0.15, 0.2) is 0 Å². The van der Waals surface area contributed by atoms with E-state index >= 15 is 0 Å². The lowest BCUT2D eigenvalue weighted by Crippen LogP contribution is -2.48. The van der Waals surface area contributed by atoms with Crippen LogP contribution in [0.5, 0.6) is 0 Å². The first kappa shape index (κ1) is 13.1. The molecule has 0 spiro atoms. The molecule has 1 aliphatic heterocycles. The van der Waals surface area contributed by atoms with Gasteiger partial charge in [0, 0.05) is 26.2 Å². The molecule has 1 aromatic heterocycles. The Hall–Kier alpha value is -1.33. The molecule has 0 unspecified atom stereocenters. The maximum Gasteiger partial charge on any atom is 0.257 e. The average molecular weight is 251 g/mol. The van der Waals surface area contributed by atoms with Crippen LogP contribution in [0.25, 0.3) is 0 Å². The van der Waals surface area contributed by atoms with E-state index in [2.05, 4.69) is 4.90 Å². The zero-order valence-electron chi connectivity index (χ0n) is 10.7. The molecule has 100 valence electrons. The number of rotatable bonds is 5. The van der Waals surface area contributed by atoms with Crippen molar-refractivity contribution in [2.45, 2.75) is 12.8 Å². The second-order valence-corrected chi connectivity index (χ2v) is 4.64. The summed E-state index contributed by atoms with van der Waals surface area (Å²) in [7, 11) is 0.